The predicted octanol–water partition coefficient (Wildman–Crippen LogP) is 2.52. The zero-order chi connectivity index (χ0) is 9.80. The number of amides is 1. The molecule has 0 bridgehead atoms. The van der Waals surface area contributed by atoms with Crippen molar-refractivity contribution in [2.45, 2.75) is 6.04 Å². The van der Waals surface area contributed by atoms with Crippen LogP contribution in [-0.4, -0.2) is 17.0 Å². The molecule has 1 atom stereocenters. The van der Waals surface area contributed by atoms with Crippen LogP contribution < -0.4 is 5.32 Å². The molecule has 1 heterocycles. The van der Waals surface area contributed by atoms with E-state index in [1.165, 1.54) is 17.3 Å². The molecular weight excluding hydrogens is 194 g/mol. The summed E-state index contributed by atoms with van der Waals surface area (Å²) in [5.74, 6) is 0.835. The van der Waals surface area contributed by atoms with Gasteiger partial charge in [-0.3, -0.25) is 4.79 Å². The minimum atomic E-state index is 0.0766. The molecule has 2 rings (SSSR count). The van der Waals surface area contributed by atoms with Gasteiger partial charge in [-0.05, 0) is 5.56 Å². The zero-order valence-electron chi connectivity index (χ0n) is 7.64. The third kappa shape index (κ3) is 2.39. The van der Waals surface area contributed by atoms with Crippen LogP contribution in [0.3, 0.4) is 0 Å². The summed E-state index contributed by atoms with van der Waals surface area (Å²) < 4.78 is 0. The molecule has 1 aromatic carbocycles. The second kappa shape index (κ2) is 4.33. The molecule has 0 saturated carbocycles. The highest BCUT2D eigenvalue weighted by atomic mass is 32.2. The normalized spacial score (nSPS) is 21.4. The Morgan fingerprint density at radius 3 is 2.79 bits per heavy atom. The summed E-state index contributed by atoms with van der Waals surface area (Å²) >= 11 is 1.34. The number of nitrogens with one attached hydrogen (secondary N) is 1. The van der Waals surface area contributed by atoms with Crippen LogP contribution in [0, 0.1) is 0 Å². The van der Waals surface area contributed by atoms with Crippen LogP contribution in [0.1, 0.15) is 5.56 Å². The van der Waals surface area contributed by atoms with Gasteiger partial charge in [0.1, 0.15) is 0 Å². The number of carbonyl (C=O) groups excluding carboxylic acids is 1. The van der Waals surface area contributed by atoms with Crippen molar-refractivity contribution in [1.29, 1.82) is 0 Å². The van der Waals surface area contributed by atoms with Crippen molar-refractivity contribution in [3.63, 3.8) is 0 Å². The fraction of sp³-hybridized carbons (Fsp3) is 0.182. The molecule has 2 nitrogen and oxygen atoms in total. The van der Waals surface area contributed by atoms with E-state index in [9.17, 15) is 4.79 Å². The Morgan fingerprint density at radius 1 is 1.36 bits per heavy atom. The van der Waals surface area contributed by atoms with Gasteiger partial charge in [-0.25, -0.2) is 0 Å². The van der Waals surface area contributed by atoms with Crippen LogP contribution in [0.15, 0.2) is 36.4 Å². The third-order valence-electron chi connectivity index (χ3n) is 2.02. The maximum Gasteiger partial charge on any atom is 0.279 e. The Kier molecular flexibility index (Phi) is 2.89. The van der Waals surface area contributed by atoms with Gasteiger partial charge in [0.15, 0.2) is 0 Å². The first-order valence-corrected chi connectivity index (χ1v) is 5.50. The summed E-state index contributed by atoms with van der Waals surface area (Å²) in [5.41, 5.74) is 1.17. The molecule has 1 unspecified atom stereocenters. The quantitative estimate of drug-likeness (QED) is 0.803. The number of hydrogen-bond donors (Lipinski definition) is 1. The molecule has 0 aromatic heterocycles. The third-order valence-corrected chi connectivity index (χ3v) is 2.92. The van der Waals surface area contributed by atoms with Crippen molar-refractivity contribution < 1.29 is 4.79 Å². The van der Waals surface area contributed by atoms with Crippen molar-refractivity contribution in [1.82, 2.24) is 5.32 Å². The van der Waals surface area contributed by atoms with E-state index in [1.54, 1.807) is 0 Å². The monoisotopic (exact) mass is 205 g/mol. The van der Waals surface area contributed by atoms with E-state index < -0.39 is 0 Å². The molecule has 3 heteroatoms. The molecule has 1 fully saturated rings. The van der Waals surface area contributed by atoms with Crippen LogP contribution in [-0.2, 0) is 0 Å². The van der Waals surface area contributed by atoms with Gasteiger partial charge in [0.2, 0.25) is 0 Å². The number of carbonyl (C=O) groups is 1. The van der Waals surface area contributed by atoms with Crippen LogP contribution in [0.4, 0.5) is 4.79 Å². The van der Waals surface area contributed by atoms with Crippen molar-refractivity contribution in [2.24, 2.45) is 0 Å². The highest BCUT2D eigenvalue weighted by molar-refractivity contribution is 8.14. The SMILES string of the molecule is O=C1NC(/C=C/c2ccccc2)CS1. The Balaban J connectivity index is 1.97. The van der Waals surface area contributed by atoms with E-state index in [2.05, 4.69) is 5.32 Å². The van der Waals surface area contributed by atoms with Gasteiger partial charge in [-0.2, -0.15) is 0 Å². The van der Waals surface area contributed by atoms with Gasteiger partial charge in [-0.1, -0.05) is 54.2 Å². The first-order valence-electron chi connectivity index (χ1n) is 4.51. The number of thioether (sulfide) groups is 1. The average molecular weight is 205 g/mol. The summed E-state index contributed by atoms with van der Waals surface area (Å²) in [4.78, 5) is 10.9. The number of benzene rings is 1. The lowest BCUT2D eigenvalue weighted by molar-refractivity contribution is 0.261. The summed E-state index contributed by atoms with van der Waals surface area (Å²) in [6.07, 6.45) is 4.07. The van der Waals surface area contributed by atoms with Crippen molar-refractivity contribution in [3.8, 4) is 0 Å². The fourth-order valence-corrected chi connectivity index (χ4v) is 2.06. The van der Waals surface area contributed by atoms with E-state index in [-0.39, 0.29) is 11.3 Å². The summed E-state index contributed by atoms with van der Waals surface area (Å²) in [7, 11) is 0. The first kappa shape index (κ1) is 9.34. The molecule has 1 aliphatic rings. The smallest absolute Gasteiger partial charge is 0.279 e. The second-order valence-electron chi connectivity index (χ2n) is 3.12. The van der Waals surface area contributed by atoms with E-state index in [0.29, 0.717) is 0 Å². The molecule has 1 amide bonds. The Bertz CT molecular complexity index is 348. The van der Waals surface area contributed by atoms with Gasteiger partial charge in [0, 0.05) is 5.75 Å². The van der Waals surface area contributed by atoms with E-state index >= 15 is 0 Å². The molecule has 0 radical (unpaired) electrons. The Labute approximate surface area is 87.4 Å². The molecule has 14 heavy (non-hydrogen) atoms. The molecular formula is C11H11NOS. The van der Waals surface area contributed by atoms with E-state index in [4.69, 9.17) is 0 Å². The Morgan fingerprint density at radius 2 is 2.14 bits per heavy atom. The standard InChI is InChI=1S/C11H11NOS/c13-11-12-10(8-14-11)7-6-9-4-2-1-3-5-9/h1-7,10H,8H2,(H,12,13)/b7-6+. The number of hydrogen-bond acceptors (Lipinski definition) is 2. The minimum Gasteiger partial charge on any atom is -0.340 e. The van der Waals surface area contributed by atoms with Crippen molar-refractivity contribution in [2.75, 3.05) is 5.75 Å². The molecule has 1 saturated heterocycles. The highest BCUT2D eigenvalue weighted by Crippen LogP contribution is 2.14. The highest BCUT2D eigenvalue weighted by Gasteiger charge is 2.18. The maximum absolute atomic E-state index is 10.9. The topological polar surface area (TPSA) is 29.1 Å². The Hall–Kier alpha value is -1.22. The first-order chi connectivity index (χ1) is 6.84. The summed E-state index contributed by atoms with van der Waals surface area (Å²) in [6, 6.07) is 10.3. The number of rotatable bonds is 2. The predicted molar refractivity (Wildman–Crippen MR) is 60.3 cm³/mol. The van der Waals surface area contributed by atoms with Gasteiger partial charge in [-0.15, -0.1) is 0 Å². The van der Waals surface area contributed by atoms with Gasteiger partial charge in [0.05, 0.1) is 6.04 Å². The van der Waals surface area contributed by atoms with Crippen LogP contribution in [0.25, 0.3) is 6.08 Å². The molecule has 0 aliphatic carbocycles. The minimum absolute atomic E-state index is 0.0766. The molecule has 72 valence electrons. The molecule has 1 aromatic rings. The van der Waals surface area contributed by atoms with Gasteiger partial charge < -0.3 is 5.32 Å². The maximum atomic E-state index is 10.9. The van der Waals surface area contributed by atoms with Crippen LogP contribution in [0.2, 0.25) is 0 Å². The molecule has 0 spiro atoms. The van der Waals surface area contributed by atoms with Crippen LogP contribution >= 0.6 is 11.8 Å². The lowest BCUT2D eigenvalue weighted by atomic mass is 10.2. The fourth-order valence-electron chi connectivity index (χ4n) is 1.30. The van der Waals surface area contributed by atoms with Gasteiger partial charge in [0.25, 0.3) is 5.24 Å². The van der Waals surface area contributed by atoms with Crippen LogP contribution in [0.5, 0.6) is 0 Å². The summed E-state index contributed by atoms with van der Waals surface area (Å²) in [6.45, 7) is 0. The van der Waals surface area contributed by atoms with E-state index in [1.807, 2.05) is 42.5 Å². The zero-order valence-corrected chi connectivity index (χ0v) is 8.46. The summed E-state index contributed by atoms with van der Waals surface area (Å²) in [5, 5.41) is 2.94. The molecule has 1 aliphatic heterocycles. The van der Waals surface area contributed by atoms with Crippen molar-refractivity contribution in [3.05, 3.63) is 42.0 Å². The molecule has 1 N–H and O–H groups in total. The van der Waals surface area contributed by atoms with E-state index in [0.717, 1.165) is 5.75 Å². The lowest BCUT2D eigenvalue weighted by Gasteiger charge is -2.00. The second-order valence-corrected chi connectivity index (χ2v) is 4.11. The lowest BCUT2D eigenvalue weighted by Crippen LogP contribution is -2.23. The largest absolute Gasteiger partial charge is 0.340 e. The van der Waals surface area contributed by atoms with Gasteiger partial charge >= 0.3 is 0 Å². The average Bonchev–Trinajstić information content (AvgIpc) is 2.63. The van der Waals surface area contributed by atoms with Crippen molar-refractivity contribution >= 4 is 23.1 Å².